The van der Waals surface area contributed by atoms with E-state index in [0.29, 0.717) is 24.2 Å². The van der Waals surface area contributed by atoms with E-state index in [2.05, 4.69) is 20.0 Å². The zero-order valence-corrected chi connectivity index (χ0v) is 16.7. The molecule has 1 aliphatic heterocycles. The molecule has 30 heavy (non-hydrogen) atoms. The molecule has 2 aromatic rings. The van der Waals surface area contributed by atoms with E-state index < -0.39 is 35.9 Å². The van der Waals surface area contributed by atoms with Gasteiger partial charge >= 0.3 is 18.0 Å². The number of fused-ring (bicyclic) bond motifs is 1. The first-order chi connectivity index (χ1) is 14.4. The van der Waals surface area contributed by atoms with E-state index in [1.165, 1.54) is 37.6 Å². The second kappa shape index (κ2) is 9.38. The minimum atomic E-state index is -1.03. The number of hydrogen-bond donors (Lipinski definition) is 2. The summed E-state index contributed by atoms with van der Waals surface area (Å²) in [7, 11) is 2.44. The van der Waals surface area contributed by atoms with Gasteiger partial charge in [-0.25, -0.2) is 19.0 Å². The summed E-state index contributed by atoms with van der Waals surface area (Å²) < 4.78 is 23.2. The van der Waals surface area contributed by atoms with Crippen molar-refractivity contribution < 1.29 is 28.2 Å². The Bertz CT molecular complexity index is 931. The first-order valence-electron chi connectivity index (χ1n) is 9.44. The average molecular weight is 418 g/mol. The molecule has 10 heteroatoms. The number of imidazole rings is 1. The Morgan fingerprint density at radius 1 is 1.33 bits per heavy atom. The summed E-state index contributed by atoms with van der Waals surface area (Å²) in [4.78, 5) is 45.5. The molecular weight excluding hydrogens is 395 g/mol. The van der Waals surface area contributed by atoms with Crippen LogP contribution in [0.25, 0.3) is 0 Å². The molecule has 1 aromatic heterocycles. The number of benzene rings is 1. The summed E-state index contributed by atoms with van der Waals surface area (Å²) in [5, 5.41) is 2.63. The molecule has 1 aliphatic rings. The van der Waals surface area contributed by atoms with Crippen molar-refractivity contribution >= 4 is 18.0 Å². The highest BCUT2D eigenvalue weighted by Crippen LogP contribution is 2.33. The molecular formula is C20H23FN4O5. The molecule has 2 N–H and O–H groups in total. The molecule has 2 heterocycles. The third-order valence-corrected chi connectivity index (χ3v) is 5.00. The number of nitrogens with zero attached hydrogens (tertiary/aromatic N) is 2. The predicted octanol–water partition coefficient (Wildman–Crippen LogP) is 1.70. The van der Waals surface area contributed by atoms with Crippen molar-refractivity contribution in [3.8, 4) is 0 Å². The van der Waals surface area contributed by atoms with E-state index in [9.17, 15) is 18.8 Å². The van der Waals surface area contributed by atoms with Crippen molar-refractivity contribution in [2.24, 2.45) is 0 Å². The van der Waals surface area contributed by atoms with Crippen molar-refractivity contribution in [1.29, 1.82) is 0 Å². The predicted molar refractivity (Wildman–Crippen MR) is 103 cm³/mol. The first-order valence-corrected chi connectivity index (χ1v) is 9.44. The van der Waals surface area contributed by atoms with Crippen molar-refractivity contribution in [3.63, 3.8) is 0 Å². The van der Waals surface area contributed by atoms with E-state index in [-0.39, 0.29) is 12.8 Å². The summed E-state index contributed by atoms with van der Waals surface area (Å²) in [6, 6.07) is 3.75. The fourth-order valence-electron chi connectivity index (χ4n) is 3.50. The minimum Gasteiger partial charge on any atom is -0.469 e. The van der Waals surface area contributed by atoms with Crippen LogP contribution in [0.15, 0.2) is 30.6 Å². The Hall–Kier alpha value is -3.43. The van der Waals surface area contributed by atoms with E-state index in [0.717, 1.165) is 5.69 Å². The lowest BCUT2D eigenvalue weighted by atomic mass is 9.96. The third-order valence-electron chi connectivity index (χ3n) is 5.00. The van der Waals surface area contributed by atoms with Crippen LogP contribution < -0.4 is 5.32 Å². The SMILES string of the molecule is COC(=O)CC[C@@H](NC(=O)N1CCc2[nH]cnc2[C@@H]1c1cccc(F)c1)C(=O)OC. The molecule has 9 nitrogen and oxygen atoms in total. The third kappa shape index (κ3) is 4.58. The molecule has 0 bridgehead atoms. The lowest BCUT2D eigenvalue weighted by molar-refractivity contribution is -0.144. The van der Waals surface area contributed by atoms with Gasteiger partial charge in [0, 0.05) is 25.1 Å². The van der Waals surface area contributed by atoms with Crippen LogP contribution in [0.4, 0.5) is 9.18 Å². The molecule has 0 saturated carbocycles. The van der Waals surface area contributed by atoms with Crippen molar-refractivity contribution in [2.45, 2.75) is 31.3 Å². The molecule has 2 amide bonds. The molecule has 160 valence electrons. The monoisotopic (exact) mass is 418 g/mol. The van der Waals surface area contributed by atoms with E-state index in [1.807, 2.05) is 0 Å². The van der Waals surface area contributed by atoms with Gasteiger partial charge in [0.05, 0.1) is 26.2 Å². The number of urea groups is 1. The number of carbonyl (C=O) groups is 3. The summed E-state index contributed by atoms with van der Waals surface area (Å²) >= 11 is 0. The number of ether oxygens (including phenoxy) is 2. The first kappa shape index (κ1) is 21.3. The maximum Gasteiger partial charge on any atom is 0.328 e. The highest BCUT2D eigenvalue weighted by molar-refractivity contribution is 5.84. The number of halogens is 1. The number of carbonyl (C=O) groups excluding carboxylic acids is 3. The van der Waals surface area contributed by atoms with E-state index >= 15 is 0 Å². The van der Waals surface area contributed by atoms with Gasteiger partial charge in [-0.15, -0.1) is 0 Å². The van der Waals surface area contributed by atoms with Crippen LogP contribution in [0.3, 0.4) is 0 Å². The summed E-state index contributed by atoms with van der Waals surface area (Å²) in [6.45, 7) is 0.326. The molecule has 0 spiro atoms. The number of methoxy groups -OCH3 is 2. The van der Waals surface area contributed by atoms with Gasteiger partial charge in [-0.05, 0) is 24.1 Å². The van der Waals surface area contributed by atoms with Gasteiger partial charge in [-0.2, -0.15) is 0 Å². The van der Waals surface area contributed by atoms with Crippen LogP contribution in [0, 0.1) is 5.82 Å². The van der Waals surface area contributed by atoms with Crippen molar-refractivity contribution in [1.82, 2.24) is 20.2 Å². The van der Waals surface area contributed by atoms with Crippen molar-refractivity contribution in [3.05, 3.63) is 53.4 Å². The molecule has 0 saturated heterocycles. The summed E-state index contributed by atoms with van der Waals surface area (Å²) in [5.74, 6) is -1.61. The van der Waals surface area contributed by atoms with Gasteiger partial charge in [0.15, 0.2) is 0 Å². The van der Waals surface area contributed by atoms with Gasteiger partial charge in [0.1, 0.15) is 17.9 Å². The Balaban J connectivity index is 1.85. The van der Waals surface area contributed by atoms with E-state index in [4.69, 9.17) is 4.74 Å². The smallest absolute Gasteiger partial charge is 0.328 e. The minimum absolute atomic E-state index is 0.0250. The normalized spacial score (nSPS) is 16.4. The molecule has 0 unspecified atom stereocenters. The zero-order chi connectivity index (χ0) is 21.7. The van der Waals surface area contributed by atoms with Crippen LogP contribution in [-0.2, 0) is 25.5 Å². The number of hydrogen-bond acceptors (Lipinski definition) is 6. The van der Waals surface area contributed by atoms with Gasteiger partial charge in [-0.1, -0.05) is 12.1 Å². The standard InChI is InChI=1S/C20H23FN4O5/c1-29-16(26)7-6-15(19(27)30-2)24-20(28)25-9-8-14-17(23-11-22-14)18(25)12-4-3-5-13(21)10-12/h3-5,10-11,15,18H,6-9H2,1-2H3,(H,22,23)(H,24,28)/t15-,18+/m1/s1. The van der Waals surface area contributed by atoms with Crippen LogP contribution in [0.5, 0.6) is 0 Å². The van der Waals surface area contributed by atoms with Crippen LogP contribution in [0.2, 0.25) is 0 Å². The lowest BCUT2D eigenvalue weighted by Gasteiger charge is -2.36. The quantitative estimate of drug-likeness (QED) is 0.691. The Labute approximate surface area is 172 Å². The summed E-state index contributed by atoms with van der Waals surface area (Å²) in [5.41, 5.74) is 2.04. The molecule has 2 atom stereocenters. The number of rotatable bonds is 6. The van der Waals surface area contributed by atoms with Crippen LogP contribution in [0.1, 0.15) is 35.8 Å². The summed E-state index contributed by atoms with van der Waals surface area (Å²) in [6.07, 6.45) is 2.02. The fourth-order valence-corrected chi connectivity index (χ4v) is 3.50. The maximum atomic E-state index is 13.9. The van der Waals surface area contributed by atoms with Gasteiger partial charge in [0.25, 0.3) is 0 Å². The lowest BCUT2D eigenvalue weighted by Crippen LogP contribution is -2.51. The van der Waals surface area contributed by atoms with Crippen LogP contribution in [-0.4, -0.2) is 59.6 Å². The number of aromatic amines is 1. The average Bonchev–Trinajstić information content (AvgIpc) is 3.23. The van der Waals surface area contributed by atoms with E-state index in [1.54, 1.807) is 12.1 Å². The van der Waals surface area contributed by atoms with Crippen molar-refractivity contribution in [2.75, 3.05) is 20.8 Å². The number of nitrogens with one attached hydrogen (secondary N) is 2. The molecule has 1 aromatic carbocycles. The van der Waals surface area contributed by atoms with Gasteiger partial charge in [-0.3, -0.25) is 4.79 Å². The number of aromatic nitrogens is 2. The van der Waals surface area contributed by atoms with Gasteiger partial charge in [0.2, 0.25) is 0 Å². The Morgan fingerprint density at radius 3 is 2.83 bits per heavy atom. The molecule has 3 rings (SSSR count). The fraction of sp³-hybridized carbons (Fsp3) is 0.400. The van der Waals surface area contributed by atoms with Gasteiger partial charge < -0.3 is 24.7 Å². The largest absolute Gasteiger partial charge is 0.469 e. The topological polar surface area (TPSA) is 114 Å². The highest BCUT2D eigenvalue weighted by Gasteiger charge is 2.36. The second-order valence-electron chi connectivity index (χ2n) is 6.81. The number of esters is 2. The zero-order valence-electron chi connectivity index (χ0n) is 16.7. The highest BCUT2D eigenvalue weighted by atomic mass is 19.1. The number of amides is 2. The number of H-pyrrole nitrogens is 1. The van der Waals surface area contributed by atoms with Crippen LogP contribution >= 0.6 is 0 Å². The Morgan fingerprint density at radius 2 is 2.13 bits per heavy atom. The second-order valence-corrected chi connectivity index (χ2v) is 6.81. The maximum absolute atomic E-state index is 13.9. The molecule has 0 aliphatic carbocycles. The Kier molecular flexibility index (Phi) is 6.65. The molecule has 0 radical (unpaired) electrons. The molecule has 0 fully saturated rings.